The molecule has 2 N–H and O–H groups in total. The van der Waals surface area contributed by atoms with Crippen molar-refractivity contribution in [2.24, 2.45) is 5.73 Å². The van der Waals surface area contributed by atoms with Gasteiger partial charge in [0.2, 0.25) is 0 Å². The molecule has 0 saturated carbocycles. The van der Waals surface area contributed by atoms with Crippen LogP contribution >= 0.6 is 23.2 Å². The summed E-state index contributed by atoms with van der Waals surface area (Å²) in [5, 5.41) is 0.248. The van der Waals surface area contributed by atoms with E-state index in [1.165, 1.54) is 30.3 Å². The van der Waals surface area contributed by atoms with Gasteiger partial charge in [0, 0.05) is 10.6 Å². The van der Waals surface area contributed by atoms with Crippen molar-refractivity contribution in [1.82, 2.24) is 0 Å². The number of halogens is 4. The van der Waals surface area contributed by atoms with Crippen LogP contribution in [0.1, 0.15) is 17.2 Å². The zero-order valence-electron chi connectivity index (χ0n) is 9.13. The van der Waals surface area contributed by atoms with Crippen molar-refractivity contribution in [3.05, 3.63) is 69.2 Å². The van der Waals surface area contributed by atoms with Crippen LogP contribution in [0.2, 0.25) is 10.0 Å². The van der Waals surface area contributed by atoms with Gasteiger partial charge in [-0.15, -0.1) is 0 Å². The number of hydrogen-bond acceptors (Lipinski definition) is 1. The first-order valence-corrected chi connectivity index (χ1v) is 5.90. The summed E-state index contributed by atoms with van der Waals surface area (Å²) in [6, 6.07) is 7.56. The van der Waals surface area contributed by atoms with Gasteiger partial charge in [0.1, 0.15) is 11.6 Å². The normalized spacial score (nSPS) is 12.5. The van der Waals surface area contributed by atoms with Crippen LogP contribution in [-0.4, -0.2) is 0 Å². The molecule has 0 aromatic heterocycles. The molecule has 2 rings (SSSR count). The van der Waals surface area contributed by atoms with Gasteiger partial charge in [0.05, 0.1) is 11.1 Å². The molecule has 5 heteroatoms. The Labute approximate surface area is 113 Å². The summed E-state index contributed by atoms with van der Waals surface area (Å²) in [4.78, 5) is 0. The van der Waals surface area contributed by atoms with Crippen LogP contribution in [0.4, 0.5) is 8.78 Å². The highest BCUT2D eigenvalue weighted by atomic mass is 35.5. The Morgan fingerprint density at radius 1 is 0.944 bits per heavy atom. The molecule has 1 atom stereocenters. The van der Waals surface area contributed by atoms with Crippen molar-refractivity contribution in [2.75, 3.05) is 0 Å². The Bertz CT molecular complexity index is 587. The molecular weight excluding hydrogens is 279 g/mol. The zero-order valence-corrected chi connectivity index (χ0v) is 10.6. The van der Waals surface area contributed by atoms with Crippen molar-refractivity contribution in [3.8, 4) is 0 Å². The lowest BCUT2D eigenvalue weighted by Gasteiger charge is -2.14. The summed E-state index contributed by atoms with van der Waals surface area (Å²) in [5.41, 5.74) is 6.73. The minimum Gasteiger partial charge on any atom is -0.320 e. The van der Waals surface area contributed by atoms with Gasteiger partial charge in [-0.3, -0.25) is 0 Å². The van der Waals surface area contributed by atoms with Crippen molar-refractivity contribution < 1.29 is 8.78 Å². The number of rotatable bonds is 2. The van der Waals surface area contributed by atoms with E-state index in [-0.39, 0.29) is 10.6 Å². The Morgan fingerprint density at radius 3 is 2.28 bits per heavy atom. The maximum absolute atomic E-state index is 13.7. The van der Waals surface area contributed by atoms with Gasteiger partial charge in [-0.05, 0) is 29.8 Å². The summed E-state index contributed by atoms with van der Waals surface area (Å²) in [6.07, 6.45) is 0. The summed E-state index contributed by atoms with van der Waals surface area (Å²) < 4.78 is 26.7. The van der Waals surface area contributed by atoms with Gasteiger partial charge in [-0.1, -0.05) is 35.3 Å². The fraction of sp³-hybridized carbons (Fsp3) is 0.0769. The molecule has 0 saturated heterocycles. The first-order chi connectivity index (χ1) is 8.49. The van der Waals surface area contributed by atoms with E-state index in [9.17, 15) is 8.78 Å². The van der Waals surface area contributed by atoms with E-state index < -0.39 is 17.7 Å². The average molecular weight is 288 g/mol. The molecule has 0 aliphatic rings. The van der Waals surface area contributed by atoms with Crippen LogP contribution in [0, 0.1) is 11.6 Å². The molecule has 0 fully saturated rings. The van der Waals surface area contributed by atoms with E-state index in [1.807, 2.05) is 0 Å². The molecule has 1 nitrogen and oxygen atoms in total. The minimum atomic E-state index is -0.722. The monoisotopic (exact) mass is 287 g/mol. The fourth-order valence-corrected chi connectivity index (χ4v) is 1.99. The zero-order chi connectivity index (χ0) is 13.3. The van der Waals surface area contributed by atoms with Crippen molar-refractivity contribution in [1.29, 1.82) is 0 Å². The topological polar surface area (TPSA) is 26.0 Å². The molecule has 1 unspecified atom stereocenters. The Kier molecular flexibility index (Phi) is 3.85. The second kappa shape index (κ2) is 5.22. The highest BCUT2D eigenvalue weighted by Crippen LogP contribution is 2.27. The second-order valence-corrected chi connectivity index (χ2v) is 4.66. The van der Waals surface area contributed by atoms with Crippen LogP contribution in [0.3, 0.4) is 0 Å². The maximum Gasteiger partial charge on any atom is 0.141 e. The van der Waals surface area contributed by atoms with Crippen LogP contribution in [-0.2, 0) is 0 Å². The van der Waals surface area contributed by atoms with Gasteiger partial charge >= 0.3 is 0 Å². The van der Waals surface area contributed by atoms with Gasteiger partial charge in [0.15, 0.2) is 0 Å². The molecule has 0 aliphatic carbocycles. The Hall–Kier alpha value is -1.16. The van der Waals surface area contributed by atoms with Crippen molar-refractivity contribution >= 4 is 23.2 Å². The van der Waals surface area contributed by atoms with E-state index >= 15 is 0 Å². The smallest absolute Gasteiger partial charge is 0.141 e. The largest absolute Gasteiger partial charge is 0.320 e. The Balaban J connectivity index is 2.41. The first kappa shape index (κ1) is 13.3. The highest BCUT2D eigenvalue weighted by Gasteiger charge is 2.15. The molecular formula is C13H9Cl2F2N. The SMILES string of the molecule is NC(c1ccc(F)c(Cl)c1)c1ccc(Cl)cc1F. The Morgan fingerprint density at radius 2 is 1.67 bits per heavy atom. The maximum atomic E-state index is 13.7. The third-order valence-electron chi connectivity index (χ3n) is 2.60. The van der Waals surface area contributed by atoms with Crippen LogP contribution in [0.5, 0.6) is 0 Å². The number of nitrogens with two attached hydrogens (primary N) is 1. The van der Waals surface area contributed by atoms with Crippen LogP contribution in [0.15, 0.2) is 36.4 Å². The van der Waals surface area contributed by atoms with Gasteiger partial charge in [-0.2, -0.15) is 0 Å². The third kappa shape index (κ3) is 2.64. The lowest BCUT2D eigenvalue weighted by molar-refractivity contribution is 0.598. The third-order valence-corrected chi connectivity index (χ3v) is 3.13. The molecule has 0 radical (unpaired) electrons. The van der Waals surface area contributed by atoms with E-state index in [0.717, 1.165) is 0 Å². The second-order valence-electron chi connectivity index (χ2n) is 3.82. The molecule has 0 aliphatic heterocycles. The summed E-state index contributed by atoms with van der Waals surface area (Å²) >= 11 is 11.3. The standard InChI is InChI=1S/C13H9Cl2F2N/c14-8-2-3-9(12(17)6-8)13(18)7-1-4-11(16)10(15)5-7/h1-6,13H,18H2. The van der Waals surface area contributed by atoms with Gasteiger partial charge in [0.25, 0.3) is 0 Å². The predicted molar refractivity (Wildman–Crippen MR) is 68.9 cm³/mol. The molecule has 0 amide bonds. The predicted octanol–water partition coefficient (Wildman–Crippen LogP) is 4.32. The summed E-state index contributed by atoms with van der Waals surface area (Å²) in [6.45, 7) is 0. The minimum absolute atomic E-state index is 0.0441. The average Bonchev–Trinajstić information content (AvgIpc) is 2.32. The van der Waals surface area contributed by atoms with Crippen LogP contribution in [0.25, 0.3) is 0 Å². The molecule has 0 heterocycles. The van der Waals surface area contributed by atoms with Gasteiger partial charge in [-0.25, -0.2) is 8.78 Å². The lowest BCUT2D eigenvalue weighted by Crippen LogP contribution is -2.13. The highest BCUT2D eigenvalue weighted by molar-refractivity contribution is 6.31. The van der Waals surface area contributed by atoms with E-state index in [0.29, 0.717) is 10.6 Å². The summed E-state index contributed by atoms with van der Waals surface area (Å²) in [7, 11) is 0. The molecule has 2 aromatic carbocycles. The van der Waals surface area contributed by atoms with Gasteiger partial charge < -0.3 is 5.73 Å². The van der Waals surface area contributed by atoms with Crippen LogP contribution < -0.4 is 5.73 Å². The van der Waals surface area contributed by atoms with Crippen molar-refractivity contribution in [3.63, 3.8) is 0 Å². The molecule has 18 heavy (non-hydrogen) atoms. The number of hydrogen-bond donors (Lipinski definition) is 1. The number of benzene rings is 2. The fourth-order valence-electron chi connectivity index (χ4n) is 1.64. The molecule has 2 aromatic rings. The summed E-state index contributed by atoms with van der Waals surface area (Å²) in [5.74, 6) is -1.04. The molecule has 94 valence electrons. The van der Waals surface area contributed by atoms with Crippen molar-refractivity contribution in [2.45, 2.75) is 6.04 Å². The van der Waals surface area contributed by atoms with E-state index in [2.05, 4.69) is 0 Å². The first-order valence-electron chi connectivity index (χ1n) is 5.14. The molecule has 0 spiro atoms. The lowest BCUT2D eigenvalue weighted by atomic mass is 9.99. The van der Waals surface area contributed by atoms with E-state index in [1.54, 1.807) is 6.07 Å². The quantitative estimate of drug-likeness (QED) is 0.875. The van der Waals surface area contributed by atoms with E-state index in [4.69, 9.17) is 28.9 Å². The molecule has 0 bridgehead atoms.